The minimum atomic E-state index is 0.221. The van der Waals surface area contributed by atoms with Gasteiger partial charge >= 0.3 is 0 Å². The van der Waals surface area contributed by atoms with E-state index in [1.807, 2.05) is 48.5 Å². The van der Waals surface area contributed by atoms with Crippen LogP contribution < -0.4 is 4.74 Å². The zero-order valence-corrected chi connectivity index (χ0v) is 16.5. The van der Waals surface area contributed by atoms with Crippen molar-refractivity contribution in [1.82, 2.24) is 9.88 Å². The van der Waals surface area contributed by atoms with Crippen LogP contribution in [0.4, 0.5) is 0 Å². The van der Waals surface area contributed by atoms with E-state index in [1.165, 1.54) is 6.42 Å². The van der Waals surface area contributed by atoms with Crippen LogP contribution in [-0.2, 0) is 4.74 Å². The molecule has 1 N–H and O–H groups in total. The van der Waals surface area contributed by atoms with E-state index >= 15 is 0 Å². The first kappa shape index (κ1) is 18.4. The third kappa shape index (κ3) is 3.80. The van der Waals surface area contributed by atoms with Gasteiger partial charge < -0.3 is 14.6 Å². The normalized spacial score (nSPS) is 20.9. The molecule has 1 aromatic heterocycles. The van der Waals surface area contributed by atoms with Gasteiger partial charge in [-0.25, -0.2) is 0 Å². The summed E-state index contributed by atoms with van der Waals surface area (Å²) in [5, 5.41) is 11.6. The molecule has 0 saturated carbocycles. The summed E-state index contributed by atoms with van der Waals surface area (Å²) in [5.74, 6) is 1.10. The van der Waals surface area contributed by atoms with Gasteiger partial charge in [0.05, 0.1) is 0 Å². The largest absolute Gasteiger partial charge is 0.505 e. The van der Waals surface area contributed by atoms with Crippen molar-refractivity contribution in [3.8, 4) is 22.6 Å². The Labute approximate surface area is 170 Å². The number of nitrogens with zero attached hydrogens (tertiary/aromatic N) is 2. The molecule has 0 amide bonds. The van der Waals surface area contributed by atoms with E-state index in [0.29, 0.717) is 11.7 Å². The van der Waals surface area contributed by atoms with Gasteiger partial charge in [0.15, 0.2) is 0 Å². The van der Waals surface area contributed by atoms with Crippen LogP contribution in [0.15, 0.2) is 54.7 Å². The molecule has 0 bridgehead atoms. The number of aromatic hydroxyl groups is 1. The first-order chi connectivity index (χ1) is 14.3. The van der Waals surface area contributed by atoms with Crippen molar-refractivity contribution in [2.75, 3.05) is 19.7 Å². The van der Waals surface area contributed by atoms with Gasteiger partial charge in [0.25, 0.3) is 0 Å². The highest BCUT2D eigenvalue weighted by molar-refractivity contribution is 5.91. The summed E-state index contributed by atoms with van der Waals surface area (Å²) < 4.78 is 12.0. The smallest absolute Gasteiger partial charge is 0.149 e. The predicted octanol–water partition coefficient (Wildman–Crippen LogP) is 4.59. The van der Waals surface area contributed by atoms with Crippen molar-refractivity contribution in [2.45, 2.75) is 38.0 Å². The quantitative estimate of drug-likeness (QED) is 0.706. The van der Waals surface area contributed by atoms with Crippen LogP contribution in [0.5, 0.6) is 11.5 Å². The molecule has 1 unspecified atom stereocenters. The second-order valence-corrected chi connectivity index (χ2v) is 7.88. The van der Waals surface area contributed by atoms with Crippen molar-refractivity contribution in [3.05, 3.63) is 54.7 Å². The number of aromatic nitrogens is 1. The van der Waals surface area contributed by atoms with E-state index in [9.17, 15) is 5.11 Å². The van der Waals surface area contributed by atoms with Crippen LogP contribution in [0, 0.1) is 0 Å². The maximum absolute atomic E-state index is 10.6. The molecule has 3 heterocycles. The number of fused-ring (bicyclic) bond motifs is 1. The van der Waals surface area contributed by atoms with Gasteiger partial charge in [-0.3, -0.25) is 9.88 Å². The SMILES string of the molecule is Oc1c(-c2ccc(OC3CCN(C4CCCO4)CC3)cc2)ccc2cccnc12. The first-order valence-corrected chi connectivity index (χ1v) is 10.5. The van der Waals surface area contributed by atoms with Crippen molar-refractivity contribution in [3.63, 3.8) is 0 Å². The average molecular weight is 390 g/mol. The van der Waals surface area contributed by atoms with Crippen molar-refractivity contribution < 1.29 is 14.6 Å². The molecule has 2 aliphatic heterocycles. The Morgan fingerprint density at radius 2 is 1.83 bits per heavy atom. The number of likely N-dealkylation sites (tertiary alicyclic amines) is 1. The monoisotopic (exact) mass is 390 g/mol. The summed E-state index contributed by atoms with van der Waals surface area (Å²) in [6.07, 6.45) is 6.65. The lowest BCUT2D eigenvalue weighted by molar-refractivity contribution is -0.0441. The Balaban J connectivity index is 1.25. The molecule has 5 nitrogen and oxygen atoms in total. The second kappa shape index (κ2) is 8.01. The lowest BCUT2D eigenvalue weighted by atomic mass is 10.0. The zero-order chi connectivity index (χ0) is 19.6. The van der Waals surface area contributed by atoms with Gasteiger partial charge in [-0.15, -0.1) is 0 Å². The highest BCUT2D eigenvalue weighted by Gasteiger charge is 2.28. The zero-order valence-electron chi connectivity index (χ0n) is 16.5. The molecule has 29 heavy (non-hydrogen) atoms. The summed E-state index contributed by atoms with van der Waals surface area (Å²) >= 11 is 0. The Morgan fingerprint density at radius 3 is 2.59 bits per heavy atom. The molecule has 5 heteroatoms. The number of pyridine rings is 1. The van der Waals surface area contributed by atoms with Crippen LogP contribution in [0.25, 0.3) is 22.0 Å². The minimum Gasteiger partial charge on any atom is -0.505 e. The number of benzene rings is 2. The van der Waals surface area contributed by atoms with Crippen molar-refractivity contribution >= 4 is 10.9 Å². The fourth-order valence-electron chi connectivity index (χ4n) is 4.40. The highest BCUT2D eigenvalue weighted by atomic mass is 16.5. The van der Waals surface area contributed by atoms with Gasteiger partial charge in [-0.1, -0.05) is 24.3 Å². The molecule has 0 aliphatic carbocycles. The lowest BCUT2D eigenvalue weighted by Crippen LogP contribution is -2.43. The molecule has 2 saturated heterocycles. The van der Waals surface area contributed by atoms with Gasteiger partial charge in [-0.2, -0.15) is 0 Å². The topological polar surface area (TPSA) is 54.8 Å². The van der Waals surface area contributed by atoms with Crippen LogP contribution in [0.3, 0.4) is 0 Å². The van der Waals surface area contributed by atoms with Gasteiger partial charge in [0, 0.05) is 36.8 Å². The molecule has 150 valence electrons. The summed E-state index contributed by atoms with van der Waals surface area (Å²) in [6.45, 7) is 2.97. The number of piperidine rings is 1. The average Bonchev–Trinajstić information content (AvgIpc) is 3.31. The molecule has 2 aliphatic rings. The summed E-state index contributed by atoms with van der Waals surface area (Å²) in [6, 6.07) is 15.7. The van der Waals surface area contributed by atoms with Crippen molar-refractivity contribution in [2.24, 2.45) is 0 Å². The van der Waals surface area contributed by atoms with Gasteiger partial charge in [0.1, 0.15) is 29.3 Å². The van der Waals surface area contributed by atoms with Gasteiger partial charge in [0.2, 0.25) is 0 Å². The minimum absolute atomic E-state index is 0.221. The molecule has 2 fully saturated rings. The third-order valence-electron chi connectivity index (χ3n) is 6.01. The number of rotatable bonds is 4. The number of ether oxygens (including phenoxy) is 2. The van der Waals surface area contributed by atoms with Crippen LogP contribution in [0.1, 0.15) is 25.7 Å². The Kier molecular flexibility index (Phi) is 5.08. The molecule has 1 atom stereocenters. The van der Waals surface area contributed by atoms with E-state index in [-0.39, 0.29) is 11.9 Å². The maximum Gasteiger partial charge on any atom is 0.149 e. The van der Waals surface area contributed by atoms with Crippen molar-refractivity contribution in [1.29, 1.82) is 0 Å². The molecular formula is C24H26N2O3. The maximum atomic E-state index is 10.6. The summed E-state index contributed by atoms with van der Waals surface area (Å²) in [7, 11) is 0. The Bertz CT molecular complexity index is 975. The van der Waals surface area contributed by atoms with E-state index in [4.69, 9.17) is 9.47 Å². The lowest BCUT2D eigenvalue weighted by Gasteiger charge is -2.35. The van der Waals surface area contributed by atoms with E-state index in [2.05, 4.69) is 9.88 Å². The van der Waals surface area contributed by atoms with E-state index in [1.54, 1.807) is 6.20 Å². The van der Waals surface area contributed by atoms with E-state index < -0.39 is 0 Å². The van der Waals surface area contributed by atoms with Crippen LogP contribution in [0.2, 0.25) is 0 Å². The van der Waals surface area contributed by atoms with E-state index in [0.717, 1.165) is 61.2 Å². The third-order valence-corrected chi connectivity index (χ3v) is 6.01. The van der Waals surface area contributed by atoms with Crippen LogP contribution in [-0.4, -0.2) is 47.0 Å². The second-order valence-electron chi connectivity index (χ2n) is 7.88. The highest BCUT2D eigenvalue weighted by Crippen LogP contribution is 2.35. The standard InChI is InChI=1S/C24H26N2O3/c27-24-21(10-7-18-3-1-13-25-23(18)24)17-5-8-19(9-6-17)29-20-11-14-26(15-12-20)22-4-2-16-28-22/h1,3,5-10,13,20,22,27H,2,4,11-12,14-16H2. The molecule has 3 aromatic rings. The molecule has 2 aromatic carbocycles. The first-order valence-electron chi connectivity index (χ1n) is 10.5. The number of phenols is 1. The molecule has 0 spiro atoms. The fraction of sp³-hybridized carbons (Fsp3) is 0.375. The number of phenolic OH excluding ortho intramolecular Hbond substituents is 1. The number of hydrogen-bond donors (Lipinski definition) is 1. The van der Waals surface area contributed by atoms with Crippen LogP contribution >= 0.6 is 0 Å². The Morgan fingerprint density at radius 1 is 1.00 bits per heavy atom. The number of hydrogen-bond acceptors (Lipinski definition) is 5. The van der Waals surface area contributed by atoms with Gasteiger partial charge in [-0.05, 0) is 55.5 Å². The summed E-state index contributed by atoms with van der Waals surface area (Å²) in [5.41, 5.74) is 2.37. The Hall–Kier alpha value is -2.63. The molecular weight excluding hydrogens is 364 g/mol. The molecule has 0 radical (unpaired) electrons. The summed E-state index contributed by atoms with van der Waals surface area (Å²) in [4.78, 5) is 6.76. The fourth-order valence-corrected chi connectivity index (χ4v) is 4.40. The molecule has 5 rings (SSSR count). The predicted molar refractivity (Wildman–Crippen MR) is 113 cm³/mol.